The summed E-state index contributed by atoms with van der Waals surface area (Å²) < 4.78 is 2.71. The van der Waals surface area contributed by atoms with E-state index < -0.39 is 0 Å². The predicted octanol–water partition coefficient (Wildman–Crippen LogP) is 4.19. The summed E-state index contributed by atoms with van der Waals surface area (Å²) in [4.78, 5) is 8.77. The number of fused-ring (bicyclic) bond motifs is 1. The maximum absolute atomic E-state index is 4.45. The number of aromatic nitrogens is 3. The zero-order valence-electron chi connectivity index (χ0n) is 11.2. The Balaban J connectivity index is 1.90. The standard InChI is InChI=1S/C15H15BrN4/c1-2-3-11-4-6-12(7-5-11)18-14-15-17-8-9-20(15)10-13(16)19-14/h4-10H,2-3H2,1H3,(H,18,19). The van der Waals surface area contributed by atoms with Crippen LogP contribution in [0, 0.1) is 0 Å². The number of aryl methyl sites for hydroxylation is 1. The van der Waals surface area contributed by atoms with Crippen molar-refractivity contribution in [1.29, 1.82) is 0 Å². The molecular weight excluding hydrogens is 316 g/mol. The van der Waals surface area contributed by atoms with E-state index in [2.05, 4.69) is 62.4 Å². The lowest BCUT2D eigenvalue weighted by atomic mass is 10.1. The summed E-state index contributed by atoms with van der Waals surface area (Å²) in [5, 5.41) is 3.32. The first-order valence-corrected chi connectivity index (χ1v) is 7.41. The maximum Gasteiger partial charge on any atom is 0.180 e. The molecule has 0 atom stereocenters. The van der Waals surface area contributed by atoms with E-state index in [4.69, 9.17) is 0 Å². The van der Waals surface area contributed by atoms with E-state index in [0.29, 0.717) is 0 Å². The number of hydrogen-bond acceptors (Lipinski definition) is 3. The van der Waals surface area contributed by atoms with Gasteiger partial charge in [0.1, 0.15) is 4.60 Å². The van der Waals surface area contributed by atoms with Gasteiger partial charge in [-0.1, -0.05) is 25.5 Å². The second kappa shape index (κ2) is 5.63. The fourth-order valence-corrected chi connectivity index (χ4v) is 2.56. The van der Waals surface area contributed by atoms with Crippen molar-refractivity contribution in [2.45, 2.75) is 19.8 Å². The Hall–Kier alpha value is -1.88. The van der Waals surface area contributed by atoms with Crippen molar-refractivity contribution < 1.29 is 0 Å². The summed E-state index contributed by atoms with van der Waals surface area (Å²) in [5.74, 6) is 0.743. The first kappa shape index (κ1) is 13.1. The van der Waals surface area contributed by atoms with E-state index in [-0.39, 0.29) is 0 Å². The van der Waals surface area contributed by atoms with Crippen LogP contribution < -0.4 is 5.32 Å². The highest BCUT2D eigenvalue weighted by molar-refractivity contribution is 9.10. The third kappa shape index (κ3) is 2.67. The number of halogens is 1. The van der Waals surface area contributed by atoms with Gasteiger partial charge in [0.2, 0.25) is 0 Å². The minimum atomic E-state index is 0.743. The summed E-state index contributed by atoms with van der Waals surface area (Å²) >= 11 is 3.41. The molecular formula is C15H15BrN4. The van der Waals surface area contributed by atoms with Crippen LogP contribution in [0.5, 0.6) is 0 Å². The Kier molecular flexibility index (Phi) is 3.69. The van der Waals surface area contributed by atoms with Crippen LogP contribution in [0.2, 0.25) is 0 Å². The van der Waals surface area contributed by atoms with Crippen molar-refractivity contribution in [2.24, 2.45) is 0 Å². The maximum atomic E-state index is 4.45. The number of imidazole rings is 1. The van der Waals surface area contributed by atoms with Gasteiger partial charge in [0, 0.05) is 24.3 Å². The molecule has 102 valence electrons. The van der Waals surface area contributed by atoms with E-state index in [1.807, 2.05) is 16.8 Å². The van der Waals surface area contributed by atoms with Crippen LogP contribution in [0.1, 0.15) is 18.9 Å². The second-order valence-corrected chi connectivity index (χ2v) is 5.45. The van der Waals surface area contributed by atoms with Crippen LogP contribution in [-0.4, -0.2) is 14.4 Å². The average Bonchev–Trinajstić information content (AvgIpc) is 2.89. The van der Waals surface area contributed by atoms with Gasteiger partial charge in [-0.15, -0.1) is 0 Å². The monoisotopic (exact) mass is 330 g/mol. The van der Waals surface area contributed by atoms with Gasteiger partial charge in [-0.2, -0.15) is 0 Å². The number of nitrogens with one attached hydrogen (secondary N) is 1. The Labute approximate surface area is 126 Å². The molecule has 1 aromatic carbocycles. The summed E-state index contributed by atoms with van der Waals surface area (Å²) in [7, 11) is 0. The molecule has 4 nitrogen and oxygen atoms in total. The summed E-state index contributed by atoms with van der Waals surface area (Å²) in [5.41, 5.74) is 3.18. The molecule has 2 heterocycles. The van der Waals surface area contributed by atoms with Gasteiger partial charge < -0.3 is 9.72 Å². The molecule has 0 bridgehead atoms. The lowest BCUT2D eigenvalue weighted by Crippen LogP contribution is -1.99. The zero-order valence-corrected chi connectivity index (χ0v) is 12.8. The molecule has 0 aliphatic heterocycles. The largest absolute Gasteiger partial charge is 0.337 e. The molecule has 5 heteroatoms. The van der Waals surface area contributed by atoms with Crippen molar-refractivity contribution in [1.82, 2.24) is 14.4 Å². The molecule has 0 spiro atoms. The number of rotatable bonds is 4. The average molecular weight is 331 g/mol. The van der Waals surface area contributed by atoms with Crippen LogP contribution in [0.4, 0.5) is 11.5 Å². The van der Waals surface area contributed by atoms with Gasteiger partial charge in [0.15, 0.2) is 11.5 Å². The molecule has 2 aromatic heterocycles. The van der Waals surface area contributed by atoms with Gasteiger partial charge in [-0.25, -0.2) is 9.97 Å². The normalized spacial score (nSPS) is 10.9. The summed E-state index contributed by atoms with van der Waals surface area (Å²) in [6, 6.07) is 8.44. The Bertz CT molecular complexity index is 718. The van der Waals surface area contributed by atoms with Gasteiger partial charge in [-0.05, 0) is 40.0 Å². The van der Waals surface area contributed by atoms with Crippen molar-refractivity contribution in [3.63, 3.8) is 0 Å². The summed E-state index contributed by atoms with van der Waals surface area (Å²) in [6.07, 6.45) is 7.82. The quantitative estimate of drug-likeness (QED) is 0.779. The Morgan fingerprint density at radius 3 is 2.80 bits per heavy atom. The Morgan fingerprint density at radius 1 is 1.25 bits per heavy atom. The van der Waals surface area contributed by atoms with Crippen LogP contribution in [0.15, 0.2) is 47.5 Å². The van der Waals surface area contributed by atoms with Gasteiger partial charge in [0.05, 0.1) is 0 Å². The van der Waals surface area contributed by atoms with E-state index in [1.165, 1.54) is 5.56 Å². The number of anilines is 2. The van der Waals surface area contributed by atoms with E-state index in [9.17, 15) is 0 Å². The van der Waals surface area contributed by atoms with Gasteiger partial charge in [-0.3, -0.25) is 0 Å². The van der Waals surface area contributed by atoms with Crippen molar-refractivity contribution >= 4 is 33.1 Å². The molecule has 0 aliphatic rings. The molecule has 0 unspecified atom stereocenters. The first-order valence-electron chi connectivity index (χ1n) is 6.61. The van der Waals surface area contributed by atoms with E-state index >= 15 is 0 Å². The van der Waals surface area contributed by atoms with E-state index in [0.717, 1.165) is 34.6 Å². The molecule has 0 aliphatic carbocycles. The third-order valence-corrected chi connectivity index (χ3v) is 3.48. The van der Waals surface area contributed by atoms with Crippen molar-refractivity contribution in [2.75, 3.05) is 5.32 Å². The van der Waals surface area contributed by atoms with Crippen LogP contribution in [0.3, 0.4) is 0 Å². The minimum Gasteiger partial charge on any atom is -0.337 e. The number of benzene rings is 1. The minimum absolute atomic E-state index is 0.743. The molecule has 0 amide bonds. The second-order valence-electron chi connectivity index (χ2n) is 4.64. The molecule has 3 aromatic rings. The fraction of sp³-hybridized carbons (Fsp3) is 0.200. The molecule has 0 saturated carbocycles. The topological polar surface area (TPSA) is 42.2 Å². The van der Waals surface area contributed by atoms with Crippen LogP contribution >= 0.6 is 15.9 Å². The highest BCUT2D eigenvalue weighted by Gasteiger charge is 2.06. The van der Waals surface area contributed by atoms with Crippen LogP contribution in [-0.2, 0) is 6.42 Å². The third-order valence-electron chi connectivity index (χ3n) is 3.10. The van der Waals surface area contributed by atoms with Crippen molar-refractivity contribution in [3.8, 4) is 0 Å². The predicted molar refractivity (Wildman–Crippen MR) is 84.4 cm³/mol. The molecule has 20 heavy (non-hydrogen) atoms. The summed E-state index contributed by atoms with van der Waals surface area (Å²) in [6.45, 7) is 2.19. The fourth-order valence-electron chi connectivity index (χ4n) is 2.17. The highest BCUT2D eigenvalue weighted by atomic mass is 79.9. The lowest BCUT2D eigenvalue weighted by Gasteiger charge is -2.08. The molecule has 0 saturated heterocycles. The SMILES string of the molecule is CCCc1ccc(Nc2nc(Br)cn3ccnc23)cc1. The number of nitrogens with zero attached hydrogens (tertiary/aromatic N) is 3. The zero-order chi connectivity index (χ0) is 13.9. The van der Waals surface area contributed by atoms with Gasteiger partial charge >= 0.3 is 0 Å². The van der Waals surface area contributed by atoms with E-state index in [1.54, 1.807) is 6.20 Å². The molecule has 3 rings (SSSR count). The molecule has 0 radical (unpaired) electrons. The molecule has 1 N–H and O–H groups in total. The highest BCUT2D eigenvalue weighted by Crippen LogP contribution is 2.21. The lowest BCUT2D eigenvalue weighted by molar-refractivity contribution is 0.922. The Morgan fingerprint density at radius 2 is 2.05 bits per heavy atom. The van der Waals surface area contributed by atoms with Gasteiger partial charge in [0.25, 0.3) is 0 Å². The van der Waals surface area contributed by atoms with Crippen molar-refractivity contribution in [3.05, 3.63) is 53.0 Å². The van der Waals surface area contributed by atoms with Crippen LogP contribution in [0.25, 0.3) is 5.65 Å². The smallest absolute Gasteiger partial charge is 0.180 e. The number of hydrogen-bond donors (Lipinski definition) is 1. The molecule has 0 fully saturated rings. The first-order chi connectivity index (χ1) is 9.76.